The Morgan fingerprint density at radius 1 is 0.519 bits per heavy atom. The SMILES string of the molecule is CB1c2sc3ccc(-c4ccccc4)cc3c2-n2c3ccc(C(C)(C)C)cc3c3c4c(c(-c5cc6c(cc5Nc5ccc(C(C)(C)C)cc5)-c5cc7c(cc5C6(C)C)C(C)(C)CCC7(C)C)c1c32)-c1ccccc1C4(C)C. The molecular weight excluding hydrogens is 948 g/mol. The van der Waals surface area contributed by atoms with E-state index in [1.807, 2.05) is 11.3 Å². The van der Waals surface area contributed by atoms with Crippen LogP contribution in [-0.2, 0) is 32.5 Å². The summed E-state index contributed by atoms with van der Waals surface area (Å²) >= 11 is 2.00. The summed E-state index contributed by atoms with van der Waals surface area (Å²) in [5, 5.41) is 8.32. The molecule has 14 rings (SSSR count). The van der Waals surface area contributed by atoms with E-state index in [4.69, 9.17) is 0 Å². The number of benzene rings is 8. The van der Waals surface area contributed by atoms with Crippen LogP contribution in [0.1, 0.15) is 154 Å². The second-order valence-electron chi connectivity index (χ2n) is 28.1. The third-order valence-electron chi connectivity index (χ3n) is 19.5. The summed E-state index contributed by atoms with van der Waals surface area (Å²) < 4.78 is 5.51. The Morgan fingerprint density at radius 2 is 1.14 bits per heavy atom. The Labute approximate surface area is 462 Å². The lowest BCUT2D eigenvalue weighted by Gasteiger charge is -2.42. The summed E-state index contributed by atoms with van der Waals surface area (Å²) in [5.41, 5.74) is 29.5. The number of anilines is 2. The molecule has 4 heteroatoms. The quantitative estimate of drug-likeness (QED) is 0.174. The summed E-state index contributed by atoms with van der Waals surface area (Å²) in [4.78, 5) is 0. The van der Waals surface area contributed by atoms with Gasteiger partial charge < -0.3 is 9.88 Å². The number of nitrogens with zero attached hydrogens (tertiary/aromatic N) is 1. The number of thiophene rings is 1. The van der Waals surface area contributed by atoms with Crippen molar-refractivity contribution < 1.29 is 0 Å². The zero-order valence-corrected chi connectivity index (χ0v) is 48.9. The Morgan fingerprint density at radius 3 is 1.84 bits per heavy atom. The predicted molar refractivity (Wildman–Crippen MR) is 335 cm³/mol. The minimum Gasteiger partial charge on any atom is -0.355 e. The van der Waals surface area contributed by atoms with Gasteiger partial charge in [-0.1, -0.05) is 189 Å². The van der Waals surface area contributed by atoms with Crippen LogP contribution in [0.5, 0.6) is 0 Å². The molecule has 2 nitrogen and oxygen atoms in total. The number of aromatic nitrogens is 1. The zero-order chi connectivity index (χ0) is 53.8. The number of hydrogen-bond acceptors (Lipinski definition) is 2. The van der Waals surface area contributed by atoms with Crippen LogP contribution < -0.4 is 15.6 Å². The van der Waals surface area contributed by atoms with Crippen LogP contribution >= 0.6 is 11.3 Å². The number of fused-ring (bicyclic) bond motifs is 15. The molecule has 77 heavy (non-hydrogen) atoms. The first-order valence-corrected chi connectivity index (χ1v) is 29.4. The largest absolute Gasteiger partial charge is 0.355 e. The summed E-state index contributed by atoms with van der Waals surface area (Å²) in [7, 11) is 0. The molecular formula is C73H73BN2S. The van der Waals surface area contributed by atoms with Crippen LogP contribution in [0.4, 0.5) is 11.4 Å². The monoisotopic (exact) mass is 1020 g/mol. The molecule has 0 radical (unpaired) electrons. The Kier molecular flexibility index (Phi) is 9.99. The standard InChI is InChI=1S/C73H73BN2S/c1-68(2,3)43-26-29-45(30-27-43)75-57-39-48-47-37-55-56(71(9,10)34-33-70(55,7)8)40-54(47)72(11,12)53(48)38-49(57)61-60-46-23-19-20-24-52(46)73(13,14)63(60)62-50-36-44(69(4,5)6)28-31-58(50)76-65-51-35-42(41-21-17-16-18-22-41)25-32-59(51)77-67(65)74(15)64(61)66(62)76/h16-32,35-40,75H,33-34H2,1-15H3. The Bertz CT molecular complexity index is 4200. The fraction of sp³-hybridized carbons (Fsp3) is 0.315. The molecule has 1 N–H and O–H groups in total. The van der Waals surface area contributed by atoms with Crippen molar-refractivity contribution in [2.24, 2.45) is 0 Å². The van der Waals surface area contributed by atoms with Gasteiger partial charge in [0, 0.05) is 53.4 Å². The van der Waals surface area contributed by atoms with Gasteiger partial charge in [-0.05, 0) is 178 Å². The second-order valence-corrected chi connectivity index (χ2v) is 29.2. The third kappa shape index (κ3) is 6.79. The molecule has 0 spiro atoms. The van der Waals surface area contributed by atoms with Crippen LogP contribution in [0.3, 0.4) is 0 Å². The van der Waals surface area contributed by atoms with Gasteiger partial charge in [0.05, 0.1) is 16.7 Å². The van der Waals surface area contributed by atoms with E-state index in [0.29, 0.717) is 0 Å². The summed E-state index contributed by atoms with van der Waals surface area (Å²) in [5.74, 6) is 0. The molecule has 3 heterocycles. The van der Waals surface area contributed by atoms with Crippen LogP contribution in [-0.4, -0.2) is 11.3 Å². The topological polar surface area (TPSA) is 17.0 Å². The lowest BCUT2D eigenvalue weighted by atomic mass is 9.42. The van der Waals surface area contributed by atoms with Crippen molar-refractivity contribution in [3.05, 3.63) is 184 Å². The van der Waals surface area contributed by atoms with Gasteiger partial charge in [0.2, 0.25) is 6.71 Å². The fourth-order valence-corrected chi connectivity index (χ4v) is 16.1. The number of nitrogens with one attached hydrogen (secondary N) is 1. The van der Waals surface area contributed by atoms with Crippen molar-refractivity contribution in [1.82, 2.24) is 4.57 Å². The lowest BCUT2D eigenvalue weighted by molar-refractivity contribution is 0.331. The van der Waals surface area contributed by atoms with Gasteiger partial charge in [0.25, 0.3) is 0 Å². The Hall–Kier alpha value is -6.62. The van der Waals surface area contributed by atoms with Gasteiger partial charge >= 0.3 is 0 Å². The van der Waals surface area contributed by atoms with Gasteiger partial charge in [-0.15, -0.1) is 11.3 Å². The summed E-state index contributed by atoms with van der Waals surface area (Å²) in [6.07, 6.45) is 2.39. The van der Waals surface area contributed by atoms with Crippen LogP contribution in [0.15, 0.2) is 140 Å². The number of rotatable bonds is 4. The van der Waals surface area contributed by atoms with Crippen molar-refractivity contribution >= 4 is 71.6 Å². The average molecular weight is 1020 g/mol. The van der Waals surface area contributed by atoms with Crippen molar-refractivity contribution in [3.63, 3.8) is 0 Å². The second kappa shape index (κ2) is 15.8. The van der Waals surface area contributed by atoms with Gasteiger partial charge in [-0.25, -0.2) is 0 Å². The van der Waals surface area contributed by atoms with E-state index in [2.05, 4.69) is 253 Å². The zero-order valence-electron chi connectivity index (χ0n) is 48.1. The fourth-order valence-electron chi connectivity index (χ4n) is 14.9. The molecule has 8 aromatic carbocycles. The lowest BCUT2D eigenvalue weighted by Crippen LogP contribution is -2.45. The number of hydrogen-bond donors (Lipinski definition) is 1. The molecule has 2 aromatic heterocycles. The smallest absolute Gasteiger partial charge is 0.225 e. The van der Waals surface area contributed by atoms with Gasteiger partial charge in [0.1, 0.15) is 0 Å². The molecule has 0 atom stereocenters. The van der Waals surface area contributed by atoms with E-state index in [0.717, 1.165) is 11.4 Å². The third-order valence-corrected chi connectivity index (χ3v) is 20.9. The molecule has 0 saturated carbocycles. The normalized spacial score (nSPS) is 17.1. The van der Waals surface area contributed by atoms with E-state index in [-0.39, 0.29) is 39.2 Å². The van der Waals surface area contributed by atoms with Gasteiger partial charge in [0.15, 0.2) is 0 Å². The highest BCUT2D eigenvalue weighted by molar-refractivity contribution is 7.31. The summed E-state index contributed by atoms with van der Waals surface area (Å²) in [6, 6.07) is 54.8. The minimum atomic E-state index is -0.294. The van der Waals surface area contributed by atoms with Crippen molar-refractivity contribution in [3.8, 4) is 50.2 Å². The maximum Gasteiger partial charge on any atom is 0.225 e. The molecule has 0 fully saturated rings. The molecule has 3 aliphatic carbocycles. The Balaban J connectivity index is 1.15. The molecule has 0 bridgehead atoms. The molecule has 1 aliphatic heterocycles. The molecule has 4 aliphatic rings. The van der Waals surface area contributed by atoms with Crippen LogP contribution in [0.25, 0.3) is 82.1 Å². The molecule has 0 saturated heterocycles. The first kappa shape index (κ1) is 48.7. The summed E-state index contributed by atoms with van der Waals surface area (Å²) in [6.45, 7) is 36.6. The van der Waals surface area contributed by atoms with Crippen LogP contribution in [0, 0.1) is 0 Å². The maximum atomic E-state index is 4.22. The van der Waals surface area contributed by atoms with Crippen molar-refractivity contribution in [2.75, 3.05) is 5.32 Å². The van der Waals surface area contributed by atoms with E-state index in [9.17, 15) is 0 Å². The van der Waals surface area contributed by atoms with Gasteiger partial charge in [-0.2, -0.15) is 0 Å². The van der Waals surface area contributed by atoms with E-state index < -0.39 is 0 Å². The van der Waals surface area contributed by atoms with Crippen LogP contribution in [0.2, 0.25) is 6.82 Å². The van der Waals surface area contributed by atoms with Crippen molar-refractivity contribution in [2.45, 2.75) is 149 Å². The first-order chi connectivity index (χ1) is 36.4. The molecule has 0 amide bonds. The highest BCUT2D eigenvalue weighted by Gasteiger charge is 2.47. The highest BCUT2D eigenvalue weighted by atomic mass is 32.1. The van der Waals surface area contributed by atoms with E-state index >= 15 is 0 Å². The van der Waals surface area contributed by atoms with Crippen molar-refractivity contribution in [1.29, 1.82) is 0 Å². The maximum absolute atomic E-state index is 4.22. The van der Waals surface area contributed by atoms with E-state index in [1.165, 1.54) is 150 Å². The predicted octanol–water partition coefficient (Wildman–Crippen LogP) is 19.2. The highest BCUT2D eigenvalue weighted by Crippen LogP contribution is 2.61. The molecule has 384 valence electrons. The average Bonchev–Trinajstić information content (AvgIpc) is 4.30. The minimum absolute atomic E-state index is 0.0312. The molecule has 10 aromatic rings. The molecule has 0 unspecified atom stereocenters. The first-order valence-electron chi connectivity index (χ1n) is 28.5. The van der Waals surface area contributed by atoms with E-state index in [1.54, 1.807) is 0 Å². The van der Waals surface area contributed by atoms with Gasteiger partial charge in [-0.3, -0.25) is 0 Å².